The summed E-state index contributed by atoms with van der Waals surface area (Å²) in [7, 11) is 3.58. The van der Waals surface area contributed by atoms with Crippen LogP contribution in [0.25, 0.3) is 12.2 Å². The van der Waals surface area contributed by atoms with Crippen LogP contribution in [0.4, 0.5) is 0 Å². The topological polar surface area (TPSA) is 36.9 Å². The third-order valence-electron chi connectivity index (χ3n) is 4.64. The Kier molecular flexibility index (Phi) is 7.41. The van der Waals surface area contributed by atoms with Crippen molar-refractivity contribution in [2.24, 2.45) is 0 Å². The molecule has 0 aliphatic rings. The maximum atomic E-state index is 6.42. The minimum absolute atomic E-state index is 0.000883. The van der Waals surface area contributed by atoms with Gasteiger partial charge in [-0.2, -0.15) is 0 Å². The second-order valence-electron chi connectivity index (χ2n) is 8.38. The van der Waals surface area contributed by atoms with Gasteiger partial charge in [0.1, 0.15) is 5.75 Å². The van der Waals surface area contributed by atoms with Gasteiger partial charge in [-0.25, -0.2) is 0 Å². The van der Waals surface area contributed by atoms with Crippen molar-refractivity contribution in [3.05, 3.63) is 46.5 Å². The molecule has 0 radical (unpaired) electrons. The molecule has 4 nitrogen and oxygen atoms in total. The summed E-state index contributed by atoms with van der Waals surface area (Å²) in [4.78, 5) is 0. The molecule has 0 N–H and O–H groups in total. The first-order chi connectivity index (χ1) is 13.6. The Bertz CT molecular complexity index is 854. The van der Waals surface area contributed by atoms with E-state index in [1.165, 1.54) is 11.1 Å². The molecule has 0 aliphatic heterocycles. The average Bonchev–Trinajstić information content (AvgIpc) is 2.64. The fourth-order valence-electron chi connectivity index (χ4n) is 3.51. The van der Waals surface area contributed by atoms with Crippen LogP contribution in [-0.4, -0.2) is 30.4 Å². The number of rotatable bonds is 7. The standard InChI is InChI=1S/C24H34O4Si/c1-16-10-12-18(22(28-29(8)9)21(16)24(2,3)4)13-11-17-14-19(25-5)23(27-7)20(15-17)26-6/h10-15,29H,1-9H3. The van der Waals surface area contributed by atoms with Gasteiger partial charge in [-0.3, -0.25) is 0 Å². The minimum atomic E-state index is -1.27. The van der Waals surface area contributed by atoms with Crippen molar-refractivity contribution in [2.45, 2.75) is 46.2 Å². The van der Waals surface area contributed by atoms with Gasteiger partial charge in [-0.15, -0.1) is 0 Å². The SMILES string of the molecule is COc1cc(C=Cc2ccc(C)c(C(C)(C)C)c2O[SiH](C)C)cc(OC)c1OC. The van der Waals surface area contributed by atoms with Gasteiger partial charge >= 0.3 is 0 Å². The van der Waals surface area contributed by atoms with E-state index in [2.05, 4.69) is 65.1 Å². The van der Waals surface area contributed by atoms with E-state index < -0.39 is 9.04 Å². The number of aryl methyl sites for hydroxylation is 1. The minimum Gasteiger partial charge on any atom is -0.546 e. The van der Waals surface area contributed by atoms with Crippen LogP contribution in [0.1, 0.15) is 43.0 Å². The molecule has 2 rings (SSSR count). The molecule has 0 saturated carbocycles. The summed E-state index contributed by atoms with van der Waals surface area (Å²) in [6.07, 6.45) is 4.15. The third kappa shape index (κ3) is 5.35. The van der Waals surface area contributed by atoms with E-state index in [4.69, 9.17) is 18.6 Å². The van der Waals surface area contributed by atoms with Crippen LogP contribution in [0.5, 0.6) is 23.0 Å². The lowest BCUT2D eigenvalue weighted by Crippen LogP contribution is -2.20. The monoisotopic (exact) mass is 414 g/mol. The molecular weight excluding hydrogens is 380 g/mol. The number of hydrogen-bond acceptors (Lipinski definition) is 4. The first kappa shape index (κ1) is 22.9. The lowest BCUT2D eigenvalue weighted by Gasteiger charge is -2.28. The van der Waals surface area contributed by atoms with Gasteiger partial charge in [-0.05, 0) is 48.7 Å². The van der Waals surface area contributed by atoms with E-state index in [0.717, 1.165) is 16.9 Å². The van der Waals surface area contributed by atoms with Gasteiger partial charge in [0.2, 0.25) is 14.8 Å². The second kappa shape index (κ2) is 9.40. The summed E-state index contributed by atoms with van der Waals surface area (Å²) in [5.41, 5.74) is 4.57. The molecule has 158 valence electrons. The highest BCUT2D eigenvalue weighted by molar-refractivity contribution is 6.49. The van der Waals surface area contributed by atoms with Gasteiger partial charge in [-0.1, -0.05) is 45.1 Å². The molecule has 0 unspecified atom stereocenters. The zero-order valence-corrected chi connectivity index (χ0v) is 20.3. The predicted molar refractivity (Wildman–Crippen MR) is 124 cm³/mol. The van der Waals surface area contributed by atoms with Crippen molar-refractivity contribution >= 4 is 21.2 Å². The molecule has 0 spiro atoms. The van der Waals surface area contributed by atoms with Crippen molar-refractivity contribution in [3.63, 3.8) is 0 Å². The Morgan fingerprint density at radius 1 is 0.828 bits per heavy atom. The average molecular weight is 415 g/mol. The van der Waals surface area contributed by atoms with Gasteiger partial charge in [0.15, 0.2) is 11.5 Å². The molecule has 5 heteroatoms. The van der Waals surface area contributed by atoms with E-state index >= 15 is 0 Å². The lowest BCUT2D eigenvalue weighted by molar-refractivity contribution is 0.324. The van der Waals surface area contributed by atoms with Crippen molar-refractivity contribution in [1.82, 2.24) is 0 Å². The van der Waals surface area contributed by atoms with Crippen molar-refractivity contribution in [1.29, 1.82) is 0 Å². The zero-order chi connectivity index (χ0) is 21.8. The number of hydrogen-bond donors (Lipinski definition) is 0. The Morgan fingerprint density at radius 2 is 1.41 bits per heavy atom. The van der Waals surface area contributed by atoms with Crippen molar-refractivity contribution in [3.8, 4) is 23.0 Å². The molecule has 29 heavy (non-hydrogen) atoms. The molecule has 0 aliphatic carbocycles. The highest BCUT2D eigenvalue weighted by atomic mass is 28.3. The fraction of sp³-hybridized carbons (Fsp3) is 0.417. The molecule has 2 aromatic rings. The van der Waals surface area contributed by atoms with E-state index in [0.29, 0.717) is 17.2 Å². The maximum Gasteiger partial charge on any atom is 0.229 e. The molecule has 0 fully saturated rings. The summed E-state index contributed by atoms with van der Waals surface area (Å²) in [6.45, 7) is 13.2. The summed E-state index contributed by atoms with van der Waals surface area (Å²) < 4.78 is 22.8. The molecule has 0 saturated heterocycles. The van der Waals surface area contributed by atoms with Crippen molar-refractivity contribution < 1.29 is 18.6 Å². The van der Waals surface area contributed by atoms with Crippen LogP contribution >= 0.6 is 0 Å². The molecule has 0 atom stereocenters. The van der Waals surface area contributed by atoms with Crippen LogP contribution in [0.15, 0.2) is 24.3 Å². The fourth-order valence-corrected chi connectivity index (χ4v) is 4.23. The zero-order valence-electron chi connectivity index (χ0n) is 19.2. The Morgan fingerprint density at radius 3 is 1.86 bits per heavy atom. The number of ether oxygens (including phenoxy) is 3. The highest BCUT2D eigenvalue weighted by Crippen LogP contribution is 2.40. The quantitative estimate of drug-likeness (QED) is 0.421. The van der Waals surface area contributed by atoms with Gasteiger partial charge < -0.3 is 18.6 Å². The van der Waals surface area contributed by atoms with Crippen LogP contribution < -0.4 is 18.6 Å². The predicted octanol–water partition coefficient (Wildman–Crippen LogP) is 5.85. The summed E-state index contributed by atoms with van der Waals surface area (Å²) >= 11 is 0. The lowest BCUT2D eigenvalue weighted by atomic mass is 9.82. The Hall–Kier alpha value is -2.40. The van der Waals surface area contributed by atoms with E-state index in [1.807, 2.05) is 12.1 Å². The van der Waals surface area contributed by atoms with Crippen molar-refractivity contribution in [2.75, 3.05) is 21.3 Å². The smallest absolute Gasteiger partial charge is 0.229 e. The second-order valence-corrected chi connectivity index (χ2v) is 10.7. The normalized spacial score (nSPS) is 11.8. The molecule has 0 bridgehead atoms. The summed E-state index contributed by atoms with van der Waals surface area (Å²) in [5, 5.41) is 0. The Balaban J connectivity index is 2.58. The number of methoxy groups -OCH3 is 3. The van der Waals surface area contributed by atoms with E-state index in [9.17, 15) is 0 Å². The summed E-state index contributed by atoms with van der Waals surface area (Å²) in [6, 6.07) is 8.18. The molecular formula is C24H34O4Si. The molecule has 0 amide bonds. The van der Waals surface area contributed by atoms with Crippen LogP contribution in [0, 0.1) is 6.92 Å². The van der Waals surface area contributed by atoms with E-state index in [1.54, 1.807) is 21.3 Å². The summed E-state index contributed by atoms with van der Waals surface area (Å²) in [5.74, 6) is 2.86. The highest BCUT2D eigenvalue weighted by Gasteiger charge is 2.24. The van der Waals surface area contributed by atoms with Gasteiger partial charge in [0.05, 0.1) is 21.3 Å². The first-order valence-corrected chi connectivity index (χ1v) is 12.7. The first-order valence-electron chi connectivity index (χ1n) is 9.91. The molecule has 0 aromatic heterocycles. The third-order valence-corrected chi connectivity index (χ3v) is 5.35. The van der Waals surface area contributed by atoms with Gasteiger partial charge in [0.25, 0.3) is 0 Å². The van der Waals surface area contributed by atoms with Crippen LogP contribution in [0.2, 0.25) is 13.1 Å². The maximum absolute atomic E-state index is 6.42. The van der Waals surface area contributed by atoms with Crippen LogP contribution in [0.3, 0.4) is 0 Å². The van der Waals surface area contributed by atoms with Gasteiger partial charge in [0, 0.05) is 11.1 Å². The van der Waals surface area contributed by atoms with E-state index in [-0.39, 0.29) is 5.41 Å². The molecule has 0 heterocycles. The van der Waals surface area contributed by atoms with Crippen LogP contribution in [-0.2, 0) is 5.41 Å². The molecule has 2 aromatic carbocycles. The largest absolute Gasteiger partial charge is 0.546 e. The Labute approximate surface area is 177 Å². The number of benzene rings is 2.